The summed E-state index contributed by atoms with van der Waals surface area (Å²) in [5.41, 5.74) is 0. The van der Waals surface area contributed by atoms with Crippen molar-refractivity contribution in [1.82, 2.24) is 0 Å². The second-order valence-corrected chi connectivity index (χ2v) is 4.58. The van der Waals surface area contributed by atoms with E-state index >= 15 is 0 Å². The lowest BCUT2D eigenvalue weighted by Gasteiger charge is -2.20. The van der Waals surface area contributed by atoms with E-state index in [0.717, 1.165) is 0 Å². The molecule has 0 saturated heterocycles. The molecule has 0 fully saturated rings. The molecule has 0 spiro atoms. The van der Waals surface area contributed by atoms with Gasteiger partial charge in [-0.1, -0.05) is 0 Å². The maximum absolute atomic E-state index is 12.6. The minimum Gasteiger partial charge on any atom is -0.378 e. The van der Waals surface area contributed by atoms with Gasteiger partial charge in [0.2, 0.25) is 12.3 Å². The Kier molecular flexibility index (Phi) is 7.11. The molecule has 0 aliphatic heterocycles. The topological polar surface area (TPSA) is 9.23 Å². The first-order valence-electron chi connectivity index (χ1n) is 4.64. The van der Waals surface area contributed by atoms with Gasteiger partial charge in [0, 0.05) is 0 Å². The van der Waals surface area contributed by atoms with Crippen LogP contribution in [-0.4, -0.2) is 48.7 Å². The SMILES string of the molecule is FC(C(Cl)COCC(Cl)C(F)C(F)(F)F)C(F)(F)F. The van der Waals surface area contributed by atoms with Gasteiger partial charge in [0.1, 0.15) is 0 Å². The highest BCUT2D eigenvalue weighted by molar-refractivity contribution is 6.21. The summed E-state index contributed by atoms with van der Waals surface area (Å²) < 4.78 is 100. The summed E-state index contributed by atoms with van der Waals surface area (Å²) in [6, 6.07) is 0. The lowest BCUT2D eigenvalue weighted by molar-refractivity contribution is -0.186. The summed E-state index contributed by atoms with van der Waals surface area (Å²) in [6.07, 6.45) is -17.3. The van der Waals surface area contributed by atoms with Crippen LogP contribution < -0.4 is 0 Å². The van der Waals surface area contributed by atoms with E-state index in [1.165, 1.54) is 0 Å². The fourth-order valence-electron chi connectivity index (χ4n) is 0.872. The van der Waals surface area contributed by atoms with Crippen LogP contribution in [0.15, 0.2) is 0 Å². The van der Waals surface area contributed by atoms with Crippen molar-refractivity contribution in [2.45, 2.75) is 35.5 Å². The molecule has 0 saturated carbocycles. The number of rotatable bonds is 6. The van der Waals surface area contributed by atoms with Crippen LogP contribution in [0.1, 0.15) is 0 Å². The average molecular weight is 343 g/mol. The average Bonchev–Trinajstić information content (AvgIpc) is 2.23. The summed E-state index contributed by atoms with van der Waals surface area (Å²) >= 11 is 9.98. The molecule has 0 aromatic rings. The third-order valence-electron chi connectivity index (χ3n) is 1.81. The van der Waals surface area contributed by atoms with Crippen LogP contribution in [0.4, 0.5) is 35.1 Å². The highest BCUT2D eigenvalue weighted by Crippen LogP contribution is 2.29. The Morgan fingerprint density at radius 3 is 1.21 bits per heavy atom. The monoisotopic (exact) mass is 342 g/mol. The predicted molar refractivity (Wildman–Crippen MR) is 52.0 cm³/mol. The molecule has 19 heavy (non-hydrogen) atoms. The minimum atomic E-state index is -5.22. The van der Waals surface area contributed by atoms with Crippen LogP contribution >= 0.6 is 23.2 Å². The quantitative estimate of drug-likeness (QED) is 0.523. The zero-order chi connectivity index (χ0) is 15.4. The summed E-state index contributed by atoms with van der Waals surface area (Å²) in [6.45, 7) is -2.12. The molecule has 0 aliphatic carbocycles. The van der Waals surface area contributed by atoms with Gasteiger partial charge >= 0.3 is 12.4 Å². The van der Waals surface area contributed by atoms with Gasteiger partial charge in [-0.3, -0.25) is 0 Å². The fourth-order valence-corrected chi connectivity index (χ4v) is 1.34. The van der Waals surface area contributed by atoms with Gasteiger partial charge < -0.3 is 4.74 Å². The maximum atomic E-state index is 12.6. The lowest BCUT2D eigenvalue weighted by atomic mass is 10.2. The van der Waals surface area contributed by atoms with Gasteiger partial charge in [0.05, 0.1) is 24.0 Å². The van der Waals surface area contributed by atoms with Gasteiger partial charge in [0.15, 0.2) is 0 Å². The third-order valence-corrected chi connectivity index (χ3v) is 2.51. The second-order valence-electron chi connectivity index (χ2n) is 3.46. The Balaban J connectivity index is 4.11. The van der Waals surface area contributed by atoms with Crippen molar-refractivity contribution >= 4 is 23.2 Å². The normalized spacial score (nSPS) is 19.9. The Bertz CT molecular complexity index is 242. The van der Waals surface area contributed by atoms with E-state index < -0.39 is 48.7 Å². The predicted octanol–water partition coefficient (Wildman–Crippen LogP) is 4.02. The summed E-state index contributed by atoms with van der Waals surface area (Å²) in [5.74, 6) is 0. The van der Waals surface area contributed by atoms with Crippen LogP contribution in [0.3, 0.4) is 0 Å². The van der Waals surface area contributed by atoms with Gasteiger partial charge in [-0.15, -0.1) is 23.2 Å². The lowest BCUT2D eigenvalue weighted by Crippen LogP contribution is -2.38. The number of ether oxygens (including phenoxy) is 1. The van der Waals surface area contributed by atoms with E-state index in [-0.39, 0.29) is 0 Å². The first-order chi connectivity index (χ1) is 8.37. The van der Waals surface area contributed by atoms with Gasteiger partial charge in [-0.2, -0.15) is 26.3 Å². The molecule has 0 bridgehead atoms. The van der Waals surface area contributed by atoms with Crippen molar-refractivity contribution in [3.05, 3.63) is 0 Å². The van der Waals surface area contributed by atoms with Gasteiger partial charge in [0.25, 0.3) is 0 Å². The van der Waals surface area contributed by atoms with Crippen LogP contribution in [0.2, 0.25) is 0 Å². The maximum Gasteiger partial charge on any atom is 0.421 e. The molecule has 0 heterocycles. The molecular formula is C8H8Cl2F8O. The smallest absolute Gasteiger partial charge is 0.378 e. The molecule has 0 N–H and O–H groups in total. The van der Waals surface area contributed by atoms with Crippen LogP contribution in [0, 0.1) is 0 Å². The minimum absolute atomic E-state index is 1.06. The summed E-state index contributed by atoms with van der Waals surface area (Å²) in [5, 5.41) is -4.32. The van der Waals surface area contributed by atoms with Crippen molar-refractivity contribution in [3.63, 3.8) is 0 Å². The highest BCUT2D eigenvalue weighted by Gasteiger charge is 2.46. The Hall–Kier alpha value is -0.0200. The number of hydrogen-bond donors (Lipinski definition) is 0. The van der Waals surface area contributed by atoms with Crippen molar-refractivity contribution in [3.8, 4) is 0 Å². The molecule has 0 rings (SSSR count). The Morgan fingerprint density at radius 1 is 0.737 bits per heavy atom. The van der Waals surface area contributed by atoms with E-state index in [0.29, 0.717) is 0 Å². The number of hydrogen-bond acceptors (Lipinski definition) is 1. The van der Waals surface area contributed by atoms with Gasteiger partial charge in [-0.05, 0) is 0 Å². The summed E-state index contributed by atoms with van der Waals surface area (Å²) in [4.78, 5) is 0. The van der Waals surface area contributed by atoms with E-state index in [2.05, 4.69) is 4.74 Å². The molecular weight excluding hydrogens is 335 g/mol. The van der Waals surface area contributed by atoms with Crippen molar-refractivity contribution in [2.75, 3.05) is 13.2 Å². The third kappa shape index (κ3) is 6.80. The molecule has 4 unspecified atom stereocenters. The Morgan fingerprint density at radius 2 is 1.00 bits per heavy atom. The van der Waals surface area contributed by atoms with Crippen LogP contribution in [-0.2, 0) is 4.74 Å². The van der Waals surface area contributed by atoms with E-state index in [1.54, 1.807) is 0 Å². The van der Waals surface area contributed by atoms with Gasteiger partial charge in [-0.25, -0.2) is 8.78 Å². The first kappa shape index (κ1) is 19.0. The molecule has 1 nitrogen and oxygen atoms in total. The van der Waals surface area contributed by atoms with Crippen LogP contribution in [0.5, 0.6) is 0 Å². The van der Waals surface area contributed by atoms with Crippen molar-refractivity contribution in [1.29, 1.82) is 0 Å². The van der Waals surface area contributed by atoms with E-state index in [4.69, 9.17) is 23.2 Å². The highest BCUT2D eigenvalue weighted by atomic mass is 35.5. The summed E-state index contributed by atoms with van der Waals surface area (Å²) in [7, 11) is 0. The van der Waals surface area contributed by atoms with E-state index in [9.17, 15) is 35.1 Å². The molecule has 0 aromatic carbocycles. The molecule has 11 heteroatoms. The number of alkyl halides is 10. The molecule has 0 amide bonds. The molecule has 0 radical (unpaired) electrons. The zero-order valence-corrected chi connectivity index (χ0v) is 10.4. The van der Waals surface area contributed by atoms with Crippen molar-refractivity contribution in [2.24, 2.45) is 0 Å². The first-order valence-corrected chi connectivity index (χ1v) is 5.52. The number of halogens is 10. The molecule has 0 aromatic heterocycles. The van der Waals surface area contributed by atoms with Crippen LogP contribution in [0.25, 0.3) is 0 Å². The molecule has 0 aliphatic rings. The fraction of sp³-hybridized carbons (Fsp3) is 1.00. The second kappa shape index (κ2) is 7.12. The van der Waals surface area contributed by atoms with Crippen molar-refractivity contribution < 1.29 is 39.9 Å². The zero-order valence-electron chi connectivity index (χ0n) is 8.91. The largest absolute Gasteiger partial charge is 0.421 e. The molecule has 116 valence electrons. The van der Waals surface area contributed by atoms with E-state index in [1.807, 2.05) is 0 Å². The molecule has 4 atom stereocenters. The standard InChI is InChI=1S/C8H8Cl2F8O/c9-3(5(11)7(13,14)15)1-19-2-4(10)6(12)8(16,17)18/h3-6H,1-2H2. The Labute approximate surface area is 112 Å².